The Morgan fingerprint density at radius 2 is 1.22 bits per heavy atom. The summed E-state index contributed by atoms with van der Waals surface area (Å²) in [5, 5.41) is 7.89. The van der Waals surface area contributed by atoms with Gasteiger partial charge in [-0.2, -0.15) is 0 Å². The number of carboxylic acid groups (broad SMARTS) is 1. The average molecular weight is 370 g/mol. The molecule has 0 unspecified atom stereocenters. The van der Waals surface area contributed by atoms with Crippen LogP contribution in [0.3, 0.4) is 0 Å². The number of hydrogen-bond acceptors (Lipinski definition) is 3. The number of benzene rings is 1. The molecule has 0 aliphatic heterocycles. The normalized spacial score (nSPS) is 7.67. The summed E-state index contributed by atoms with van der Waals surface area (Å²) in [5.74, 6) is -1.28. The van der Waals surface area contributed by atoms with Gasteiger partial charge in [-0.3, -0.25) is 0 Å². The lowest BCUT2D eigenvalue weighted by atomic mass is 10.1. The molecular weight excluding hydrogens is 340 g/mol. The van der Waals surface area contributed by atoms with E-state index in [0.29, 0.717) is 5.57 Å². The standard InChI is InChI=1S/C10H10.C5H8O2.C4H6O2.C4H6/c1-3-9-7-5-6-8-10(9)4-2;1-4(2)5(6)7-3;1-3(2)4(5)6;1-3-4-2/h3-8H,1-2H2;1H2,2-3H3;1H2,2H3,(H,5,6);3-4H,1-2H2. The highest BCUT2D eigenvalue weighted by Gasteiger charge is 1.95. The molecule has 0 amide bonds. The van der Waals surface area contributed by atoms with Crippen LogP contribution in [0, 0.1) is 0 Å². The fraction of sp³-hybridized carbons (Fsp3) is 0.130. The van der Waals surface area contributed by atoms with Gasteiger partial charge in [-0.15, -0.1) is 0 Å². The Kier molecular flexibility index (Phi) is 19.9. The van der Waals surface area contributed by atoms with Crippen molar-refractivity contribution in [3.05, 3.63) is 98.2 Å². The third-order valence-corrected chi connectivity index (χ3v) is 2.50. The van der Waals surface area contributed by atoms with E-state index in [1.807, 2.05) is 36.4 Å². The zero-order valence-corrected chi connectivity index (χ0v) is 16.5. The van der Waals surface area contributed by atoms with Crippen LogP contribution in [0.25, 0.3) is 12.2 Å². The van der Waals surface area contributed by atoms with Crippen LogP contribution in [0.5, 0.6) is 0 Å². The number of ether oxygens (including phenoxy) is 1. The van der Waals surface area contributed by atoms with E-state index in [2.05, 4.69) is 44.2 Å². The van der Waals surface area contributed by atoms with Crippen LogP contribution in [-0.4, -0.2) is 24.2 Å². The van der Waals surface area contributed by atoms with E-state index in [1.54, 1.807) is 19.1 Å². The number of methoxy groups -OCH3 is 1. The van der Waals surface area contributed by atoms with E-state index in [0.717, 1.165) is 11.1 Å². The maximum Gasteiger partial charge on any atom is 0.332 e. The van der Waals surface area contributed by atoms with E-state index in [-0.39, 0.29) is 11.5 Å². The van der Waals surface area contributed by atoms with Gasteiger partial charge in [0.25, 0.3) is 0 Å². The molecule has 0 aliphatic carbocycles. The summed E-state index contributed by atoms with van der Waals surface area (Å²) in [6, 6.07) is 8.02. The zero-order chi connectivity index (χ0) is 21.8. The topological polar surface area (TPSA) is 63.6 Å². The third kappa shape index (κ3) is 18.8. The summed E-state index contributed by atoms with van der Waals surface area (Å²) in [6.45, 7) is 23.7. The van der Waals surface area contributed by atoms with Crippen molar-refractivity contribution in [2.75, 3.05) is 7.11 Å². The van der Waals surface area contributed by atoms with Crippen molar-refractivity contribution in [1.82, 2.24) is 0 Å². The first kappa shape index (κ1) is 28.4. The fourth-order valence-electron chi connectivity index (χ4n) is 1.06. The second-order valence-electron chi connectivity index (χ2n) is 4.87. The summed E-state index contributed by atoms with van der Waals surface area (Å²) < 4.78 is 4.27. The SMILES string of the molecule is C=C(C)C(=O)O.C=C(C)C(=O)OC.C=CC=C.C=Cc1ccccc1C=C. The summed E-state index contributed by atoms with van der Waals surface area (Å²) in [7, 11) is 1.33. The lowest BCUT2D eigenvalue weighted by Gasteiger charge is -1.96. The Bertz CT molecular complexity index is 622. The summed E-state index contributed by atoms with van der Waals surface area (Å²) in [4.78, 5) is 19.8. The summed E-state index contributed by atoms with van der Waals surface area (Å²) >= 11 is 0. The molecule has 27 heavy (non-hydrogen) atoms. The maximum atomic E-state index is 10.2. The van der Waals surface area contributed by atoms with E-state index >= 15 is 0 Å². The van der Waals surface area contributed by atoms with Crippen LogP contribution in [0.1, 0.15) is 25.0 Å². The summed E-state index contributed by atoms with van der Waals surface area (Å²) in [6.07, 6.45) is 6.94. The van der Waals surface area contributed by atoms with Crippen LogP contribution < -0.4 is 0 Å². The molecule has 1 aromatic carbocycles. The van der Waals surface area contributed by atoms with Gasteiger partial charge < -0.3 is 9.84 Å². The highest BCUT2D eigenvalue weighted by atomic mass is 16.5. The van der Waals surface area contributed by atoms with Crippen molar-refractivity contribution in [3.8, 4) is 0 Å². The molecule has 0 fully saturated rings. The Hall–Kier alpha value is -3.40. The largest absolute Gasteiger partial charge is 0.478 e. The molecule has 0 atom stereocenters. The first-order valence-electron chi connectivity index (χ1n) is 7.82. The van der Waals surface area contributed by atoms with Crippen molar-refractivity contribution in [3.63, 3.8) is 0 Å². The quantitative estimate of drug-likeness (QED) is 0.409. The molecule has 1 aromatic rings. The lowest BCUT2D eigenvalue weighted by Crippen LogP contribution is -1.98. The Morgan fingerprint density at radius 1 is 0.889 bits per heavy atom. The van der Waals surface area contributed by atoms with E-state index < -0.39 is 5.97 Å². The summed E-state index contributed by atoms with van der Waals surface area (Å²) in [5.41, 5.74) is 2.88. The van der Waals surface area contributed by atoms with Gasteiger partial charge in [0, 0.05) is 11.1 Å². The highest BCUT2D eigenvalue weighted by molar-refractivity contribution is 5.86. The van der Waals surface area contributed by atoms with Crippen LogP contribution >= 0.6 is 0 Å². The van der Waals surface area contributed by atoms with Gasteiger partial charge in [0.2, 0.25) is 0 Å². The van der Waals surface area contributed by atoms with Crippen LogP contribution in [-0.2, 0) is 14.3 Å². The number of carboxylic acids is 1. The van der Waals surface area contributed by atoms with Gasteiger partial charge in [-0.25, -0.2) is 9.59 Å². The van der Waals surface area contributed by atoms with Crippen molar-refractivity contribution in [2.45, 2.75) is 13.8 Å². The fourth-order valence-corrected chi connectivity index (χ4v) is 1.06. The molecule has 4 nitrogen and oxygen atoms in total. The van der Waals surface area contributed by atoms with Crippen molar-refractivity contribution < 1.29 is 19.4 Å². The molecule has 146 valence electrons. The molecule has 0 bridgehead atoms. The van der Waals surface area contributed by atoms with E-state index in [1.165, 1.54) is 14.0 Å². The molecule has 0 radical (unpaired) electrons. The average Bonchev–Trinajstić information content (AvgIpc) is 2.68. The maximum absolute atomic E-state index is 10.2. The Labute approximate surface area is 163 Å². The first-order chi connectivity index (χ1) is 12.6. The lowest BCUT2D eigenvalue weighted by molar-refractivity contribution is -0.136. The number of allylic oxidation sites excluding steroid dienone is 2. The molecular formula is C23H30O4. The molecule has 0 spiro atoms. The van der Waals surface area contributed by atoms with E-state index in [9.17, 15) is 9.59 Å². The van der Waals surface area contributed by atoms with Gasteiger partial charge in [-0.05, 0) is 25.0 Å². The first-order valence-corrected chi connectivity index (χ1v) is 7.82. The molecule has 0 aliphatic rings. The number of rotatable bonds is 5. The Morgan fingerprint density at radius 3 is 1.33 bits per heavy atom. The number of hydrogen-bond donors (Lipinski definition) is 1. The number of esters is 1. The minimum Gasteiger partial charge on any atom is -0.478 e. The van der Waals surface area contributed by atoms with Crippen LogP contribution in [0.2, 0.25) is 0 Å². The van der Waals surface area contributed by atoms with Gasteiger partial charge in [0.15, 0.2) is 0 Å². The van der Waals surface area contributed by atoms with Crippen molar-refractivity contribution in [2.24, 2.45) is 0 Å². The van der Waals surface area contributed by atoms with Crippen molar-refractivity contribution in [1.29, 1.82) is 0 Å². The van der Waals surface area contributed by atoms with Gasteiger partial charge >= 0.3 is 11.9 Å². The molecule has 4 heteroatoms. The molecule has 0 saturated heterocycles. The number of carbonyl (C=O) groups is 2. The third-order valence-electron chi connectivity index (χ3n) is 2.50. The smallest absolute Gasteiger partial charge is 0.332 e. The predicted molar refractivity (Wildman–Crippen MR) is 116 cm³/mol. The minimum absolute atomic E-state index is 0.176. The van der Waals surface area contributed by atoms with Crippen LogP contribution in [0.15, 0.2) is 87.0 Å². The molecule has 0 saturated carbocycles. The Balaban J connectivity index is -0.000000302. The van der Waals surface area contributed by atoms with E-state index in [4.69, 9.17) is 5.11 Å². The molecule has 0 heterocycles. The van der Waals surface area contributed by atoms with Crippen LogP contribution in [0.4, 0.5) is 0 Å². The number of aliphatic carboxylic acids is 1. The van der Waals surface area contributed by atoms with Gasteiger partial charge in [0.1, 0.15) is 0 Å². The monoisotopic (exact) mass is 370 g/mol. The zero-order valence-electron chi connectivity index (χ0n) is 16.5. The predicted octanol–water partition coefficient (Wildman–Crippen LogP) is 5.71. The molecule has 0 aromatic heterocycles. The second-order valence-corrected chi connectivity index (χ2v) is 4.87. The number of carbonyl (C=O) groups excluding carboxylic acids is 1. The van der Waals surface area contributed by atoms with Gasteiger partial charge in [-0.1, -0.05) is 88.0 Å². The highest BCUT2D eigenvalue weighted by Crippen LogP contribution is 2.10. The second kappa shape index (κ2) is 18.9. The van der Waals surface area contributed by atoms with Gasteiger partial charge in [0.05, 0.1) is 7.11 Å². The minimum atomic E-state index is -0.935. The molecule has 1 rings (SSSR count). The molecule has 1 N–H and O–H groups in total. The van der Waals surface area contributed by atoms with Crippen molar-refractivity contribution >= 4 is 24.1 Å².